The molecule has 96 valence electrons. The second-order valence-electron chi connectivity index (χ2n) is 3.85. The van der Waals surface area contributed by atoms with Gasteiger partial charge in [0.1, 0.15) is 5.75 Å². The lowest BCUT2D eigenvalue weighted by Gasteiger charge is -2.09. The van der Waals surface area contributed by atoms with Gasteiger partial charge in [-0.1, -0.05) is 11.6 Å². The molecule has 0 bridgehead atoms. The summed E-state index contributed by atoms with van der Waals surface area (Å²) < 4.78 is 10.6. The van der Waals surface area contributed by atoms with Crippen LogP contribution in [0.2, 0.25) is 5.02 Å². The van der Waals surface area contributed by atoms with E-state index >= 15 is 0 Å². The molecule has 3 nitrogen and oxygen atoms in total. The van der Waals surface area contributed by atoms with Crippen LogP contribution in [0.3, 0.4) is 0 Å². The summed E-state index contributed by atoms with van der Waals surface area (Å²) in [5.41, 5.74) is 1.07. The third kappa shape index (κ3) is 5.91. The smallest absolute Gasteiger partial charge is 0.122 e. The fourth-order valence-corrected chi connectivity index (χ4v) is 1.68. The van der Waals surface area contributed by atoms with Crippen LogP contribution in [0.15, 0.2) is 18.2 Å². The minimum atomic E-state index is 0.711. The maximum absolute atomic E-state index is 5.87. The highest BCUT2D eigenvalue weighted by Crippen LogP contribution is 2.21. The van der Waals surface area contributed by atoms with Crippen LogP contribution in [0.5, 0.6) is 5.75 Å². The third-order valence-electron chi connectivity index (χ3n) is 2.38. The van der Waals surface area contributed by atoms with Gasteiger partial charge >= 0.3 is 0 Å². The van der Waals surface area contributed by atoms with E-state index in [9.17, 15) is 0 Å². The van der Waals surface area contributed by atoms with Gasteiger partial charge in [-0.3, -0.25) is 0 Å². The molecule has 0 heterocycles. The highest BCUT2D eigenvalue weighted by molar-refractivity contribution is 6.30. The zero-order chi connectivity index (χ0) is 12.5. The van der Waals surface area contributed by atoms with Crippen LogP contribution in [0.4, 0.5) is 0 Å². The second kappa shape index (κ2) is 8.34. The van der Waals surface area contributed by atoms with Gasteiger partial charge in [-0.2, -0.15) is 0 Å². The van der Waals surface area contributed by atoms with Gasteiger partial charge in [-0.15, -0.1) is 0 Å². The number of nitrogens with one attached hydrogen (secondary N) is 1. The molecular formula is C13H20ClNO2. The lowest BCUT2D eigenvalue weighted by atomic mass is 10.2. The Bertz CT molecular complexity index is 331. The number of rotatable bonds is 8. The maximum Gasteiger partial charge on any atom is 0.122 e. The molecule has 4 heteroatoms. The Morgan fingerprint density at radius 2 is 2.06 bits per heavy atom. The topological polar surface area (TPSA) is 30.5 Å². The first-order valence-electron chi connectivity index (χ1n) is 5.82. The summed E-state index contributed by atoms with van der Waals surface area (Å²) in [5, 5.41) is 4.02. The van der Waals surface area contributed by atoms with Gasteiger partial charge in [0.25, 0.3) is 0 Å². The Balaban J connectivity index is 2.14. The Morgan fingerprint density at radius 3 is 2.76 bits per heavy atom. The van der Waals surface area contributed by atoms with Crippen molar-refractivity contribution >= 4 is 11.6 Å². The Labute approximate surface area is 108 Å². The van der Waals surface area contributed by atoms with Crippen LogP contribution in [0, 0.1) is 6.92 Å². The first-order chi connectivity index (χ1) is 8.24. The Morgan fingerprint density at radius 1 is 1.24 bits per heavy atom. The van der Waals surface area contributed by atoms with Crippen molar-refractivity contribution in [2.75, 3.05) is 33.4 Å². The molecule has 0 atom stereocenters. The SMILES string of the molecule is COCCNCCCOc1ccc(Cl)cc1C. The van der Waals surface area contributed by atoms with Crippen molar-refractivity contribution in [3.8, 4) is 5.75 Å². The first-order valence-corrected chi connectivity index (χ1v) is 6.20. The van der Waals surface area contributed by atoms with E-state index < -0.39 is 0 Å². The fourth-order valence-electron chi connectivity index (χ4n) is 1.45. The van der Waals surface area contributed by atoms with Gasteiger partial charge in [0.2, 0.25) is 0 Å². The molecule has 0 radical (unpaired) electrons. The van der Waals surface area contributed by atoms with Crippen LogP contribution >= 0.6 is 11.6 Å². The van der Waals surface area contributed by atoms with Crippen molar-refractivity contribution in [2.24, 2.45) is 0 Å². The predicted octanol–water partition coefficient (Wildman–Crippen LogP) is 2.65. The molecule has 1 N–H and O–H groups in total. The van der Waals surface area contributed by atoms with Gasteiger partial charge in [0, 0.05) is 18.7 Å². The fraction of sp³-hybridized carbons (Fsp3) is 0.538. The third-order valence-corrected chi connectivity index (χ3v) is 2.61. The van der Waals surface area contributed by atoms with Gasteiger partial charge in [-0.05, 0) is 43.7 Å². The number of ether oxygens (including phenoxy) is 2. The van der Waals surface area contributed by atoms with Gasteiger partial charge in [0.05, 0.1) is 13.2 Å². The minimum Gasteiger partial charge on any atom is -0.493 e. The summed E-state index contributed by atoms with van der Waals surface area (Å²) in [6.07, 6.45) is 0.978. The number of halogens is 1. The van der Waals surface area contributed by atoms with E-state index in [4.69, 9.17) is 21.1 Å². The second-order valence-corrected chi connectivity index (χ2v) is 4.29. The summed E-state index contributed by atoms with van der Waals surface area (Å²) in [7, 11) is 1.70. The predicted molar refractivity (Wildman–Crippen MR) is 71.0 cm³/mol. The quantitative estimate of drug-likeness (QED) is 0.727. The van der Waals surface area contributed by atoms with Crippen molar-refractivity contribution in [1.82, 2.24) is 5.32 Å². The summed E-state index contributed by atoms with van der Waals surface area (Å²) in [5.74, 6) is 0.909. The molecule has 0 aliphatic rings. The number of aryl methyl sites for hydroxylation is 1. The van der Waals surface area contributed by atoms with Crippen LogP contribution in [-0.4, -0.2) is 33.4 Å². The summed E-state index contributed by atoms with van der Waals surface area (Å²) >= 11 is 5.87. The molecule has 0 unspecified atom stereocenters. The zero-order valence-electron chi connectivity index (χ0n) is 10.5. The molecule has 0 aromatic heterocycles. The van der Waals surface area contributed by atoms with Crippen molar-refractivity contribution in [3.63, 3.8) is 0 Å². The molecule has 0 saturated heterocycles. The zero-order valence-corrected chi connectivity index (χ0v) is 11.2. The minimum absolute atomic E-state index is 0.711. The molecule has 0 spiro atoms. The first kappa shape index (κ1) is 14.3. The van der Waals surface area contributed by atoms with E-state index in [0.717, 1.165) is 42.5 Å². The normalized spacial score (nSPS) is 10.5. The molecule has 1 rings (SSSR count). The average molecular weight is 258 g/mol. The lowest BCUT2D eigenvalue weighted by molar-refractivity contribution is 0.198. The highest BCUT2D eigenvalue weighted by atomic mass is 35.5. The van der Waals surface area contributed by atoms with Crippen molar-refractivity contribution < 1.29 is 9.47 Å². The highest BCUT2D eigenvalue weighted by Gasteiger charge is 1.99. The van der Waals surface area contributed by atoms with Crippen molar-refractivity contribution in [2.45, 2.75) is 13.3 Å². The maximum atomic E-state index is 5.87. The van der Waals surface area contributed by atoms with E-state index in [0.29, 0.717) is 6.61 Å². The average Bonchev–Trinajstić information content (AvgIpc) is 2.30. The Kier molecular flexibility index (Phi) is 7.01. The summed E-state index contributed by atoms with van der Waals surface area (Å²) in [6, 6.07) is 5.67. The molecule has 17 heavy (non-hydrogen) atoms. The molecule has 0 aliphatic carbocycles. The molecular weight excluding hydrogens is 238 g/mol. The molecule has 0 amide bonds. The van der Waals surface area contributed by atoms with Gasteiger partial charge in [0.15, 0.2) is 0 Å². The summed E-state index contributed by atoms with van der Waals surface area (Å²) in [4.78, 5) is 0. The molecule has 0 saturated carbocycles. The number of hydrogen-bond acceptors (Lipinski definition) is 3. The summed E-state index contributed by atoms with van der Waals surface area (Å²) in [6.45, 7) is 5.28. The molecule has 1 aromatic carbocycles. The number of hydrogen-bond donors (Lipinski definition) is 1. The van der Waals surface area contributed by atoms with Crippen LogP contribution in [0.1, 0.15) is 12.0 Å². The van der Waals surface area contributed by atoms with Crippen LogP contribution in [-0.2, 0) is 4.74 Å². The van der Waals surface area contributed by atoms with E-state index in [2.05, 4.69) is 5.32 Å². The van der Waals surface area contributed by atoms with E-state index in [1.54, 1.807) is 7.11 Å². The van der Waals surface area contributed by atoms with Crippen LogP contribution < -0.4 is 10.1 Å². The van der Waals surface area contributed by atoms with Crippen molar-refractivity contribution in [3.05, 3.63) is 28.8 Å². The van der Waals surface area contributed by atoms with E-state index in [1.807, 2.05) is 25.1 Å². The van der Waals surface area contributed by atoms with E-state index in [1.165, 1.54) is 0 Å². The number of benzene rings is 1. The standard InChI is InChI=1S/C13H20ClNO2/c1-11-10-12(14)4-5-13(11)17-8-3-6-15-7-9-16-2/h4-5,10,15H,3,6-9H2,1-2H3. The lowest BCUT2D eigenvalue weighted by Crippen LogP contribution is -2.21. The Hall–Kier alpha value is -0.770. The van der Waals surface area contributed by atoms with Gasteiger partial charge < -0.3 is 14.8 Å². The molecule has 1 aromatic rings. The van der Waals surface area contributed by atoms with Crippen LogP contribution in [0.25, 0.3) is 0 Å². The largest absolute Gasteiger partial charge is 0.493 e. The molecule has 0 aliphatic heterocycles. The number of methoxy groups -OCH3 is 1. The van der Waals surface area contributed by atoms with E-state index in [-0.39, 0.29) is 0 Å². The monoisotopic (exact) mass is 257 g/mol. The molecule has 0 fully saturated rings. The van der Waals surface area contributed by atoms with Crippen molar-refractivity contribution in [1.29, 1.82) is 0 Å². The van der Waals surface area contributed by atoms with Gasteiger partial charge in [-0.25, -0.2) is 0 Å².